The number of aliphatic hydroxyl groups is 1. The van der Waals surface area contributed by atoms with Gasteiger partial charge in [-0.1, -0.05) is 91.0 Å². The highest BCUT2D eigenvalue weighted by Crippen LogP contribution is 2.43. The number of hydrogen-bond donors (Lipinski definition) is 5. The van der Waals surface area contributed by atoms with E-state index in [1.807, 2.05) is 114 Å². The molecule has 4 heterocycles. The van der Waals surface area contributed by atoms with Gasteiger partial charge in [0.25, 0.3) is 5.91 Å². The molecular formula is C75H98N6O9. The zero-order valence-corrected chi connectivity index (χ0v) is 54.5. The topological polar surface area (TPSA) is 186 Å². The predicted molar refractivity (Wildman–Crippen MR) is 357 cm³/mol. The number of aromatic nitrogens is 2. The van der Waals surface area contributed by atoms with E-state index in [1.165, 1.54) is 59.1 Å². The summed E-state index contributed by atoms with van der Waals surface area (Å²) in [5.41, 5.74) is 11.4. The number of likely N-dealkylation sites (N-methyl/N-ethyl adjacent to an activating group) is 2. The second-order valence-corrected chi connectivity index (χ2v) is 26.0. The molecule has 3 amide bonds. The van der Waals surface area contributed by atoms with Crippen molar-refractivity contribution in [2.24, 2.45) is 37.8 Å². The van der Waals surface area contributed by atoms with Crippen LogP contribution in [0.15, 0.2) is 127 Å². The smallest absolute Gasteiger partial charge is 0.335 e. The molecule has 15 heteroatoms. The molecule has 15 nitrogen and oxygen atoms in total. The van der Waals surface area contributed by atoms with E-state index in [-0.39, 0.29) is 48.9 Å². The molecule has 5 N–H and O–H groups in total. The standard InChI is InChI=1S/C28H41N3O4.C28H34N2O2.C19H23NO3/c1-18(2)29-27(33)10-7-22(17-32)30(3)28(34)21-6-9-26-24(16-21)23-15-20(5-8-25(23)31(26)4)19-11-13-35-14-12-19;1-22(2)30-27(31)20-19-26(29-3)21-32-28(23-13-7-4-8-14-23,24-15-9-5-10-16-24)25-17-11-6-12-18-25;1-20-17-4-2-13(12-6-8-23-9-7-12)10-15(17)16-11-14(19(21)22)3-5-18(16)20/h6,9,16,18-20,22,32H,5,7-8,10-15,17H2,1-4H3,(H,29,33);4-18,22,26,29H,19-21H2,1-3H3,(H,30,31);3,5,11-13H,2,4,6-10H2,1H3,(H,21,22)/t20-,22+;26-;13-/m101/s1. The maximum absolute atomic E-state index is 13.4. The predicted octanol–water partition coefficient (Wildman–Crippen LogP) is 11.7. The number of rotatable bonds is 21. The number of carbonyl (C=O) groups excluding carboxylic acids is 3. The minimum atomic E-state index is -0.846. The van der Waals surface area contributed by atoms with Crippen molar-refractivity contribution in [1.29, 1.82) is 0 Å². The average Bonchev–Trinajstić information content (AvgIpc) is 1.44. The highest BCUT2D eigenvalue weighted by atomic mass is 16.5. The lowest BCUT2D eigenvalue weighted by atomic mass is 9.75. The molecule has 5 aromatic carbocycles. The number of amides is 3. The molecule has 0 spiro atoms. The van der Waals surface area contributed by atoms with Gasteiger partial charge in [-0.3, -0.25) is 14.4 Å². The van der Waals surface area contributed by atoms with Gasteiger partial charge in [-0.05, 0) is 200 Å². The molecular weight excluding hydrogens is 1130 g/mol. The quantitative estimate of drug-likeness (QED) is 0.0434. The summed E-state index contributed by atoms with van der Waals surface area (Å²) in [6, 6.07) is 42.4. The number of fused-ring (bicyclic) bond motifs is 6. The number of ether oxygens (including phenoxy) is 3. The fourth-order valence-corrected chi connectivity index (χ4v) is 14.5. The Bertz CT molecular complexity index is 3380. The monoisotopic (exact) mass is 1230 g/mol. The number of aryl methyl sites for hydroxylation is 2. The molecule has 0 unspecified atom stereocenters. The normalized spacial score (nSPS) is 17.7. The molecule has 2 fully saturated rings. The van der Waals surface area contributed by atoms with Gasteiger partial charge in [0.1, 0.15) is 5.60 Å². The second kappa shape index (κ2) is 31.7. The maximum Gasteiger partial charge on any atom is 0.335 e. The number of carboxylic acids is 1. The number of benzene rings is 5. The lowest BCUT2D eigenvalue weighted by Crippen LogP contribution is -2.40. The van der Waals surface area contributed by atoms with E-state index < -0.39 is 17.6 Å². The van der Waals surface area contributed by atoms with Crippen LogP contribution in [0.3, 0.4) is 0 Å². The second-order valence-electron chi connectivity index (χ2n) is 26.0. The van der Waals surface area contributed by atoms with Crippen LogP contribution in [0.4, 0.5) is 0 Å². The number of carboxylic acid groups (broad SMARTS) is 1. The summed E-state index contributed by atoms with van der Waals surface area (Å²) in [7, 11) is 7.88. The number of carbonyl (C=O) groups is 4. The molecule has 2 saturated heterocycles. The molecule has 2 aliphatic carbocycles. The van der Waals surface area contributed by atoms with Gasteiger partial charge in [0.05, 0.1) is 24.8 Å². The van der Waals surface area contributed by atoms with Crippen LogP contribution < -0.4 is 16.0 Å². The van der Waals surface area contributed by atoms with Crippen molar-refractivity contribution < 1.29 is 43.6 Å². The summed E-state index contributed by atoms with van der Waals surface area (Å²) in [5.74, 6) is 1.92. The van der Waals surface area contributed by atoms with E-state index in [0.29, 0.717) is 48.8 Å². The summed E-state index contributed by atoms with van der Waals surface area (Å²) in [6.07, 6.45) is 13.3. The van der Waals surface area contributed by atoms with Gasteiger partial charge in [0.15, 0.2) is 0 Å². The fourth-order valence-electron chi connectivity index (χ4n) is 14.5. The summed E-state index contributed by atoms with van der Waals surface area (Å²) < 4.78 is 22.5. The zero-order valence-electron chi connectivity index (χ0n) is 54.5. The zero-order chi connectivity index (χ0) is 63.9. The van der Waals surface area contributed by atoms with Crippen LogP contribution in [-0.2, 0) is 69.2 Å². The van der Waals surface area contributed by atoms with Crippen LogP contribution in [0.2, 0.25) is 0 Å². The van der Waals surface area contributed by atoms with Crippen molar-refractivity contribution in [3.05, 3.63) is 178 Å². The molecule has 482 valence electrons. The Hall–Kier alpha value is -7.14. The Kier molecular flexibility index (Phi) is 23.7. The number of aliphatic hydroxyl groups excluding tert-OH is 1. The minimum absolute atomic E-state index is 0.0448. The highest BCUT2D eigenvalue weighted by molar-refractivity contribution is 5.99. The lowest BCUT2D eigenvalue weighted by Gasteiger charge is -2.37. The van der Waals surface area contributed by atoms with Crippen LogP contribution in [-0.4, -0.2) is 126 Å². The Morgan fingerprint density at radius 2 is 1.02 bits per heavy atom. The van der Waals surface area contributed by atoms with Gasteiger partial charge in [-0.25, -0.2) is 4.79 Å². The van der Waals surface area contributed by atoms with Crippen molar-refractivity contribution in [2.45, 2.75) is 147 Å². The summed E-state index contributed by atoms with van der Waals surface area (Å²) in [6.45, 7) is 11.6. The Labute approximate surface area is 533 Å². The maximum atomic E-state index is 13.4. The van der Waals surface area contributed by atoms with Crippen LogP contribution >= 0.6 is 0 Å². The first-order valence-corrected chi connectivity index (χ1v) is 33.0. The fraction of sp³-hybridized carbons (Fsp3) is 0.493. The van der Waals surface area contributed by atoms with Crippen molar-refractivity contribution in [3.8, 4) is 0 Å². The van der Waals surface area contributed by atoms with Crippen molar-refractivity contribution in [2.75, 3.05) is 53.7 Å². The van der Waals surface area contributed by atoms with Crippen molar-refractivity contribution >= 4 is 45.5 Å². The van der Waals surface area contributed by atoms with Crippen molar-refractivity contribution in [1.82, 2.24) is 30.0 Å². The molecule has 0 radical (unpaired) electrons. The summed E-state index contributed by atoms with van der Waals surface area (Å²) >= 11 is 0. The first kappa shape index (κ1) is 67.3. The van der Waals surface area contributed by atoms with Crippen LogP contribution in [0.1, 0.15) is 152 Å². The Morgan fingerprint density at radius 1 is 0.600 bits per heavy atom. The third-order valence-corrected chi connectivity index (χ3v) is 19.5. The van der Waals surface area contributed by atoms with E-state index in [9.17, 15) is 29.4 Å². The first-order chi connectivity index (χ1) is 43.5. The number of nitrogens with one attached hydrogen (secondary N) is 3. The molecule has 2 aliphatic heterocycles. The van der Waals surface area contributed by atoms with Crippen LogP contribution in [0.25, 0.3) is 21.8 Å². The van der Waals surface area contributed by atoms with Gasteiger partial charge < -0.3 is 54.4 Å². The molecule has 2 aromatic heterocycles. The largest absolute Gasteiger partial charge is 0.478 e. The molecule has 7 aromatic rings. The average molecular weight is 1230 g/mol. The molecule has 4 atom stereocenters. The molecule has 90 heavy (non-hydrogen) atoms. The van der Waals surface area contributed by atoms with E-state index in [4.69, 9.17) is 14.2 Å². The summed E-state index contributed by atoms with van der Waals surface area (Å²) in [5, 5.41) is 30.7. The lowest BCUT2D eigenvalue weighted by molar-refractivity contribution is -0.122. The molecule has 11 rings (SSSR count). The highest BCUT2D eigenvalue weighted by Gasteiger charge is 2.39. The van der Waals surface area contributed by atoms with E-state index in [1.54, 1.807) is 18.0 Å². The van der Waals surface area contributed by atoms with Gasteiger partial charge >= 0.3 is 5.97 Å². The van der Waals surface area contributed by atoms with E-state index >= 15 is 0 Å². The van der Waals surface area contributed by atoms with Crippen LogP contribution in [0.5, 0.6) is 0 Å². The third-order valence-electron chi connectivity index (χ3n) is 19.5. The first-order valence-electron chi connectivity index (χ1n) is 33.0. The molecule has 0 bridgehead atoms. The number of aromatic carboxylic acids is 1. The number of nitrogens with zero attached hydrogens (tertiary/aromatic N) is 3. The SMILES string of the molecule is CC(C)NC(=O)CC[C@@H](CO)N(C)C(=O)c1ccc2c(c1)c1c(n2C)CC[C@@H](C2CCOCC2)C1.CN[C@@H](CCC(=O)NC(C)C)COC(c1ccccc1)(c1ccccc1)c1ccccc1.Cn1c2c(c3cc(C(=O)O)ccc31)C[C@H](C1CCOCC1)CC2. The summed E-state index contributed by atoms with van der Waals surface area (Å²) in [4.78, 5) is 50.5. The van der Waals surface area contributed by atoms with Gasteiger partial charge in [0, 0.05) is 117 Å². The molecule has 4 aliphatic rings. The van der Waals surface area contributed by atoms with E-state index in [0.717, 1.165) is 104 Å². The third kappa shape index (κ3) is 16.1. The van der Waals surface area contributed by atoms with Crippen molar-refractivity contribution in [3.63, 3.8) is 0 Å². The Balaban J connectivity index is 0.000000163. The van der Waals surface area contributed by atoms with Gasteiger partial charge in [0.2, 0.25) is 11.8 Å². The number of hydrogen-bond acceptors (Lipinski definition) is 9. The minimum Gasteiger partial charge on any atom is -0.478 e. The Morgan fingerprint density at radius 3 is 1.43 bits per heavy atom. The van der Waals surface area contributed by atoms with Gasteiger partial charge in [-0.2, -0.15) is 0 Å². The van der Waals surface area contributed by atoms with Crippen LogP contribution in [0, 0.1) is 23.7 Å². The molecule has 0 saturated carbocycles. The van der Waals surface area contributed by atoms with E-state index in [2.05, 4.69) is 81.6 Å². The van der Waals surface area contributed by atoms with Gasteiger partial charge in [-0.15, -0.1) is 0 Å².